The first kappa shape index (κ1) is 18.1. The van der Waals surface area contributed by atoms with Crippen LogP contribution in [0.5, 0.6) is 0 Å². The topological polar surface area (TPSA) is 98.6 Å². The molecule has 0 spiro atoms. The quantitative estimate of drug-likeness (QED) is 0.482. The molecule has 28 heavy (non-hydrogen) atoms. The van der Waals surface area contributed by atoms with Crippen molar-refractivity contribution in [2.75, 3.05) is 13.2 Å². The summed E-state index contributed by atoms with van der Waals surface area (Å²) in [7, 11) is 0. The predicted molar refractivity (Wildman–Crippen MR) is 102 cm³/mol. The van der Waals surface area contributed by atoms with E-state index in [2.05, 4.69) is 4.98 Å². The summed E-state index contributed by atoms with van der Waals surface area (Å²) in [6.07, 6.45) is 1.36. The van der Waals surface area contributed by atoms with Crippen LogP contribution in [0.25, 0.3) is 10.2 Å². The monoisotopic (exact) mass is 397 g/mol. The molecule has 2 amide bonds. The Morgan fingerprint density at radius 3 is 2.43 bits per heavy atom. The highest BCUT2D eigenvalue weighted by Crippen LogP contribution is 2.23. The molecule has 1 aromatic carbocycles. The number of thiophene rings is 1. The van der Waals surface area contributed by atoms with Crippen molar-refractivity contribution in [1.29, 1.82) is 0 Å². The van der Waals surface area contributed by atoms with Gasteiger partial charge >= 0.3 is 5.97 Å². The number of fused-ring (bicyclic) bond motifs is 2. The van der Waals surface area contributed by atoms with Crippen LogP contribution in [-0.4, -0.2) is 45.4 Å². The number of hydrogen-bond acceptors (Lipinski definition) is 7. The first-order chi connectivity index (χ1) is 13.5. The van der Waals surface area contributed by atoms with Gasteiger partial charge in [-0.25, -0.2) is 9.78 Å². The lowest BCUT2D eigenvalue weighted by Gasteiger charge is -2.14. The molecule has 0 N–H and O–H groups in total. The average molecular weight is 397 g/mol. The van der Waals surface area contributed by atoms with E-state index in [9.17, 15) is 19.2 Å². The third-order valence-electron chi connectivity index (χ3n) is 4.50. The summed E-state index contributed by atoms with van der Waals surface area (Å²) in [6.45, 7) is 1.99. The predicted octanol–water partition coefficient (Wildman–Crippen LogP) is 1.93. The van der Waals surface area contributed by atoms with Crippen LogP contribution in [0.2, 0.25) is 0 Å². The first-order valence-corrected chi connectivity index (χ1v) is 9.50. The van der Waals surface area contributed by atoms with Gasteiger partial charge in [-0.15, -0.1) is 11.3 Å². The Morgan fingerprint density at radius 1 is 1.11 bits per heavy atom. The second-order valence-corrected chi connectivity index (χ2v) is 6.96. The van der Waals surface area contributed by atoms with Crippen LogP contribution in [0.15, 0.2) is 40.8 Å². The highest BCUT2D eigenvalue weighted by molar-refractivity contribution is 7.17. The molecule has 0 unspecified atom stereocenters. The number of aromatic nitrogens is 2. The molecule has 9 heteroatoms. The van der Waals surface area contributed by atoms with E-state index < -0.39 is 11.5 Å². The van der Waals surface area contributed by atoms with Gasteiger partial charge in [-0.1, -0.05) is 12.1 Å². The summed E-state index contributed by atoms with van der Waals surface area (Å²) in [5, 5.41) is 1.74. The minimum atomic E-state index is -0.578. The number of esters is 1. The molecule has 0 atom stereocenters. The van der Waals surface area contributed by atoms with E-state index in [-0.39, 0.29) is 42.5 Å². The molecule has 8 nitrogen and oxygen atoms in total. The fourth-order valence-corrected chi connectivity index (χ4v) is 4.00. The molecule has 2 aromatic heterocycles. The lowest BCUT2D eigenvalue weighted by Crippen LogP contribution is -2.35. The SMILES string of the molecule is CCOC(=O)c1csc2ncn(CCN3C(=O)c4ccccc4C3=O)c(=O)c12. The summed E-state index contributed by atoms with van der Waals surface area (Å²) in [6, 6.07) is 6.60. The molecule has 0 aliphatic carbocycles. The molecule has 0 saturated heterocycles. The Balaban J connectivity index is 1.61. The van der Waals surface area contributed by atoms with Gasteiger partial charge in [0.2, 0.25) is 0 Å². The second-order valence-electron chi connectivity index (χ2n) is 6.10. The smallest absolute Gasteiger partial charge is 0.339 e. The molecular weight excluding hydrogens is 382 g/mol. The van der Waals surface area contributed by atoms with E-state index in [0.717, 1.165) is 4.90 Å². The molecule has 4 rings (SSSR count). The van der Waals surface area contributed by atoms with Crippen molar-refractivity contribution in [3.05, 3.63) is 63.0 Å². The summed E-state index contributed by atoms with van der Waals surface area (Å²) in [5.74, 6) is -1.35. The highest BCUT2D eigenvalue weighted by Gasteiger charge is 2.34. The second kappa shape index (κ2) is 7.01. The highest BCUT2D eigenvalue weighted by atomic mass is 32.1. The minimum absolute atomic E-state index is 0.0261. The molecular formula is C19H15N3O5S. The third-order valence-corrected chi connectivity index (χ3v) is 5.39. The zero-order chi connectivity index (χ0) is 19.8. The number of rotatable bonds is 5. The van der Waals surface area contributed by atoms with Crippen molar-refractivity contribution in [3.63, 3.8) is 0 Å². The van der Waals surface area contributed by atoms with Crippen molar-refractivity contribution in [3.8, 4) is 0 Å². The molecule has 0 bridgehead atoms. The number of nitrogens with zero attached hydrogens (tertiary/aromatic N) is 3. The zero-order valence-corrected chi connectivity index (χ0v) is 15.7. The van der Waals surface area contributed by atoms with Crippen molar-refractivity contribution < 1.29 is 19.1 Å². The van der Waals surface area contributed by atoms with Crippen LogP contribution in [0.1, 0.15) is 38.0 Å². The standard InChI is InChI=1S/C19H15N3O5S/c1-2-27-19(26)13-9-28-15-14(13)18(25)21(10-20-15)7-8-22-16(23)11-5-3-4-6-12(11)17(22)24/h3-6,9-10H,2,7-8H2,1H3. The van der Waals surface area contributed by atoms with Crippen molar-refractivity contribution in [1.82, 2.24) is 14.5 Å². The summed E-state index contributed by atoms with van der Waals surface area (Å²) in [5.41, 5.74) is 0.479. The van der Waals surface area contributed by atoms with E-state index in [0.29, 0.717) is 16.0 Å². The summed E-state index contributed by atoms with van der Waals surface area (Å²) >= 11 is 1.18. The molecule has 3 heterocycles. The Labute approximate surface area is 163 Å². The fourth-order valence-electron chi connectivity index (χ4n) is 3.14. The maximum atomic E-state index is 12.8. The van der Waals surface area contributed by atoms with Crippen molar-refractivity contribution in [2.24, 2.45) is 0 Å². The van der Waals surface area contributed by atoms with Gasteiger partial charge in [-0.2, -0.15) is 0 Å². The summed E-state index contributed by atoms with van der Waals surface area (Å²) < 4.78 is 6.28. The number of carbonyl (C=O) groups is 3. The Morgan fingerprint density at radius 2 is 1.79 bits per heavy atom. The molecule has 142 valence electrons. The van der Waals surface area contributed by atoms with Gasteiger partial charge in [0.1, 0.15) is 4.83 Å². The molecule has 0 saturated carbocycles. The molecule has 1 aliphatic heterocycles. The van der Waals surface area contributed by atoms with Gasteiger partial charge in [0.15, 0.2) is 0 Å². The van der Waals surface area contributed by atoms with Gasteiger partial charge in [0.25, 0.3) is 17.4 Å². The van der Waals surface area contributed by atoms with E-state index in [4.69, 9.17) is 4.74 Å². The lowest BCUT2D eigenvalue weighted by molar-refractivity contribution is 0.0528. The van der Waals surface area contributed by atoms with Gasteiger partial charge in [-0.05, 0) is 19.1 Å². The van der Waals surface area contributed by atoms with Crippen LogP contribution < -0.4 is 5.56 Å². The minimum Gasteiger partial charge on any atom is -0.462 e. The average Bonchev–Trinajstić information content (AvgIpc) is 3.23. The molecule has 0 fully saturated rings. The number of ether oxygens (including phenoxy) is 1. The van der Waals surface area contributed by atoms with Crippen LogP contribution in [0.4, 0.5) is 0 Å². The fraction of sp³-hybridized carbons (Fsp3) is 0.211. The number of hydrogen-bond donors (Lipinski definition) is 0. The van der Waals surface area contributed by atoms with Crippen LogP contribution in [0.3, 0.4) is 0 Å². The van der Waals surface area contributed by atoms with Gasteiger partial charge in [0.05, 0.1) is 35.0 Å². The zero-order valence-electron chi connectivity index (χ0n) is 14.9. The van der Waals surface area contributed by atoms with Gasteiger partial charge in [-0.3, -0.25) is 23.9 Å². The third kappa shape index (κ3) is 2.80. The Hall–Kier alpha value is -3.33. The molecule has 3 aromatic rings. The number of carbonyl (C=O) groups excluding carboxylic acids is 3. The number of amides is 2. The van der Waals surface area contributed by atoms with E-state index >= 15 is 0 Å². The molecule has 0 radical (unpaired) electrons. The number of benzene rings is 1. The van der Waals surface area contributed by atoms with Crippen LogP contribution >= 0.6 is 11.3 Å². The number of imide groups is 1. The normalized spacial score (nSPS) is 13.2. The largest absolute Gasteiger partial charge is 0.462 e. The van der Waals surface area contributed by atoms with Crippen molar-refractivity contribution in [2.45, 2.75) is 13.5 Å². The van der Waals surface area contributed by atoms with E-state index in [1.807, 2.05) is 0 Å². The molecule has 1 aliphatic rings. The van der Waals surface area contributed by atoms with E-state index in [1.165, 1.54) is 22.2 Å². The van der Waals surface area contributed by atoms with Crippen molar-refractivity contribution >= 4 is 39.3 Å². The summed E-state index contributed by atoms with van der Waals surface area (Å²) in [4.78, 5) is 55.6. The Bertz CT molecular complexity index is 1140. The van der Waals surface area contributed by atoms with Gasteiger partial charge in [0, 0.05) is 18.5 Å². The van der Waals surface area contributed by atoms with Crippen LogP contribution in [0, 0.1) is 0 Å². The lowest BCUT2D eigenvalue weighted by atomic mass is 10.1. The Kier molecular flexibility index (Phi) is 4.52. The maximum Gasteiger partial charge on any atom is 0.339 e. The first-order valence-electron chi connectivity index (χ1n) is 8.62. The van der Waals surface area contributed by atoms with E-state index in [1.54, 1.807) is 36.6 Å². The van der Waals surface area contributed by atoms with Gasteiger partial charge < -0.3 is 4.74 Å². The van der Waals surface area contributed by atoms with Crippen LogP contribution in [-0.2, 0) is 11.3 Å². The maximum absolute atomic E-state index is 12.8.